The molecule has 0 N–H and O–H groups in total. The first kappa shape index (κ1) is 26.9. The third-order valence-corrected chi connectivity index (χ3v) is 5.77. The molecule has 0 amide bonds. The molecule has 2 aromatic rings. The number of rotatable bonds is 17. The molecule has 1 aromatic heterocycles. The summed E-state index contributed by atoms with van der Waals surface area (Å²) in [6, 6.07) is 3.11. The number of unbranched alkanes of at least 4 members (excludes halogenated alkanes) is 11. The van der Waals surface area contributed by atoms with Gasteiger partial charge in [-0.25, -0.2) is 18.7 Å². The van der Waals surface area contributed by atoms with E-state index in [1.807, 2.05) is 6.08 Å². The van der Waals surface area contributed by atoms with E-state index in [2.05, 4.69) is 23.8 Å². The molecule has 0 aliphatic heterocycles. The smallest absolute Gasteiger partial charge is 0.170 e. The van der Waals surface area contributed by atoms with E-state index in [0.29, 0.717) is 12.4 Å². The molecule has 2 rings (SSSR count). The summed E-state index contributed by atoms with van der Waals surface area (Å²) in [5.74, 6) is -1.08. The molecule has 1 heterocycles. The van der Waals surface area contributed by atoms with Gasteiger partial charge < -0.3 is 4.74 Å². The Bertz CT molecular complexity index is 821. The zero-order chi connectivity index (χ0) is 23.7. The van der Waals surface area contributed by atoms with Gasteiger partial charge in [0.2, 0.25) is 0 Å². The summed E-state index contributed by atoms with van der Waals surface area (Å²) >= 11 is 0. The van der Waals surface area contributed by atoms with Crippen LogP contribution in [0.3, 0.4) is 0 Å². The topological polar surface area (TPSA) is 35.0 Å². The number of aromatic nitrogens is 2. The molecule has 0 atom stereocenters. The lowest BCUT2D eigenvalue weighted by molar-refractivity contribution is 0.302. The second-order valence-corrected chi connectivity index (χ2v) is 8.65. The Morgan fingerprint density at radius 2 is 1.36 bits per heavy atom. The van der Waals surface area contributed by atoms with Gasteiger partial charge in [-0.3, -0.25) is 0 Å². The first-order valence-corrected chi connectivity index (χ1v) is 12.8. The van der Waals surface area contributed by atoms with Crippen LogP contribution in [0.25, 0.3) is 17.5 Å². The molecule has 0 fully saturated rings. The first-order chi connectivity index (χ1) is 16.2. The van der Waals surface area contributed by atoms with Gasteiger partial charge in [-0.05, 0) is 25.3 Å². The second kappa shape index (κ2) is 16.3. The molecule has 0 saturated heterocycles. The van der Waals surface area contributed by atoms with Crippen molar-refractivity contribution in [2.24, 2.45) is 0 Å². The molecule has 0 radical (unpaired) electrons. The van der Waals surface area contributed by atoms with Gasteiger partial charge in [-0.1, -0.05) is 96.3 Å². The molecule has 0 spiro atoms. The maximum Gasteiger partial charge on any atom is 0.170 e. The monoisotopic (exact) mass is 458 g/mol. The number of allylic oxidation sites excluding steroid dienone is 1. The number of hydrogen-bond acceptors (Lipinski definition) is 3. The maximum absolute atomic E-state index is 14.6. The van der Waals surface area contributed by atoms with E-state index in [1.54, 1.807) is 12.1 Å². The van der Waals surface area contributed by atoms with E-state index in [0.717, 1.165) is 25.7 Å². The quantitative estimate of drug-likeness (QED) is 0.222. The van der Waals surface area contributed by atoms with Gasteiger partial charge in [0.25, 0.3) is 0 Å². The van der Waals surface area contributed by atoms with Crippen LogP contribution in [0, 0.1) is 11.6 Å². The van der Waals surface area contributed by atoms with E-state index in [9.17, 15) is 8.78 Å². The number of benzene rings is 1. The van der Waals surface area contributed by atoms with Gasteiger partial charge in [0.1, 0.15) is 0 Å². The van der Waals surface area contributed by atoms with Crippen molar-refractivity contribution in [3.05, 3.63) is 47.8 Å². The van der Waals surface area contributed by atoms with Crippen LogP contribution >= 0.6 is 0 Å². The van der Waals surface area contributed by atoms with Crippen molar-refractivity contribution in [2.45, 2.75) is 97.3 Å². The van der Waals surface area contributed by atoms with Crippen LogP contribution in [0.1, 0.15) is 103 Å². The Balaban J connectivity index is 1.82. The van der Waals surface area contributed by atoms with Crippen LogP contribution in [0.4, 0.5) is 8.78 Å². The van der Waals surface area contributed by atoms with Gasteiger partial charge >= 0.3 is 0 Å². The lowest BCUT2D eigenvalue weighted by atomic mass is 10.1. The number of hydrogen-bond donors (Lipinski definition) is 0. The van der Waals surface area contributed by atoms with Crippen molar-refractivity contribution in [3.8, 4) is 17.1 Å². The molecule has 5 heteroatoms. The average Bonchev–Trinajstić information content (AvgIpc) is 2.83. The van der Waals surface area contributed by atoms with Crippen molar-refractivity contribution >= 4 is 6.08 Å². The molecule has 1 aromatic carbocycles. The Hall–Kier alpha value is -2.30. The highest BCUT2D eigenvalue weighted by Gasteiger charge is 2.15. The molecule has 0 aliphatic carbocycles. The fourth-order valence-corrected chi connectivity index (χ4v) is 3.72. The molecule has 33 heavy (non-hydrogen) atoms. The highest BCUT2D eigenvalue weighted by molar-refractivity contribution is 5.61. The summed E-state index contributed by atoms with van der Waals surface area (Å²) in [6.45, 7) is 5.02. The van der Waals surface area contributed by atoms with Gasteiger partial charge in [-0.15, -0.1) is 0 Å². The van der Waals surface area contributed by atoms with Gasteiger partial charge in [0, 0.05) is 5.56 Å². The third kappa shape index (κ3) is 10.0. The Morgan fingerprint density at radius 1 is 0.758 bits per heavy atom. The number of nitrogens with zero attached hydrogens (tertiary/aromatic N) is 2. The van der Waals surface area contributed by atoms with Crippen molar-refractivity contribution in [1.29, 1.82) is 0 Å². The van der Waals surface area contributed by atoms with Crippen LogP contribution < -0.4 is 4.74 Å². The van der Waals surface area contributed by atoms with Crippen LogP contribution in [-0.4, -0.2) is 16.6 Å². The fourth-order valence-electron chi connectivity index (χ4n) is 3.72. The van der Waals surface area contributed by atoms with E-state index < -0.39 is 11.6 Å². The van der Waals surface area contributed by atoms with Crippen LogP contribution in [0.15, 0.2) is 30.6 Å². The molecular weight excluding hydrogens is 418 g/mol. The molecule has 0 unspecified atom stereocenters. The minimum Gasteiger partial charge on any atom is -0.490 e. The van der Waals surface area contributed by atoms with E-state index >= 15 is 0 Å². The van der Waals surface area contributed by atoms with Crippen molar-refractivity contribution < 1.29 is 13.5 Å². The predicted octanol–water partition coefficient (Wildman–Crippen LogP) is 8.92. The Kier molecular flexibility index (Phi) is 13.3. The standard InChI is InChI=1S/C28H40F2N2O/c1-3-5-7-9-11-13-15-17-23-18-19-25(27(30)26(23)29)28-31-21-24(22-32-28)33-20-16-14-12-10-8-6-4-2/h15,17-19,21-22H,3-14,16,20H2,1-2H3/b17-15+. The van der Waals surface area contributed by atoms with Crippen LogP contribution in [0.5, 0.6) is 5.75 Å². The molecule has 3 nitrogen and oxygen atoms in total. The zero-order valence-electron chi connectivity index (χ0n) is 20.4. The highest BCUT2D eigenvalue weighted by atomic mass is 19.2. The molecular formula is C28H40F2N2O. The summed E-state index contributed by atoms with van der Waals surface area (Å²) < 4.78 is 34.9. The summed E-state index contributed by atoms with van der Waals surface area (Å²) in [6.07, 6.45) is 21.9. The summed E-state index contributed by atoms with van der Waals surface area (Å²) in [4.78, 5) is 8.36. The van der Waals surface area contributed by atoms with E-state index in [1.165, 1.54) is 76.2 Å². The average molecular weight is 459 g/mol. The summed E-state index contributed by atoms with van der Waals surface area (Å²) in [7, 11) is 0. The van der Waals surface area contributed by atoms with Gasteiger partial charge in [0.15, 0.2) is 23.2 Å². The molecule has 0 saturated carbocycles. The predicted molar refractivity (Wildman–Crippen MR) is 133 cm³/mol. The fraction of sp³-hybridized carbons (Fsp3) is 0.571. The number of ether oxygens (including phenoxy) is 1. The first-order valence-electron chi connectivity index (χ1n) is 12.8. The lowest BCUT2D eigenvalue weighted by Crippen LogP contribution is -2.00. The van der Waals surface area contributed by atoms with Crippen LogP contribution in [0.2, 0.25) is 0 Å². The maximum atomic E-state index is 14.6. The Labute approximate surface area is 198 Å². The molecule has 0 bridgehead atoms. The van der Waals surface area contributed by atoms with E-state index in [4.69, 9.17) is 4.74 Å². The molecule has 182 valence electrons. The minimum absolute atomic E-state index is 0.0582. The zero-order valence-corrected chi connectivity index (χ0v) is 20.4. The van der Waals surface area contributed by atoms with Crippen molar-refractivity contribution in [3.63, 3.8) is 0 Å². The van der Waals surface area contributed by atoms with E-state index in [-0.39, 0.29) is 17.0 Å². The van der Waals surface area contributed by atoms with Crippen molar-refractivity contribution in [1.82, 2.24) is 9.97 Å². The lowest BCUT2D eigenvalue weighted by Gasteiger charge is -2.08. The minimum atomic E-state index is -0.920. The van der Waals surface area contributed by atoms with Gasteiger partial charge in [0.05, 0.1) is 24.6 Å². The largest absolute Gasteiger partial charge is 0.490 e. The normalized spacial score (nSPS) is 11.4. The van der Waals surface area contributed by atoms with Crippen LogP contribution in [-0.2, 0) is 0 Å². The van der Waals surface area contributed by atoms with Gasteiger partial charge in [-0.2, -0.15) is 0 Å². The number of halogens is 2. The third-order valence-electron chi connectivity index (χ3n) is 5.77. The summed E-state index contributed by atoms with van der Waals surface area (Å²) in [5.41, 5.74) is 0.308. The Morgan fingerprint density at radius 3 is 2.03 bits per heavy atom. The highest BCUT2D eigenvalue weighted by Crippen LogP contribution is 2.25. The summed E-state index contributed by atoms with van der Waals surface area (Å²) in [5, 5.41) is 0. The van der Waals surface area contributed by atoms with Crippen molar-refractivity contribution in [2.75, 3.05) is 6.61 Å². The molecule has 0 aliphatic rings. The SMILES string of the molecule is CCCCCCC/C=C/c1ccc(-c2ncc(OCCCCCCCCC)cn2)c(F)c1F. The second-order valence-electron chi connectivity index (χ2n) is 8.65.